The van der Waals surface area contributed by atoms with E-state index in [2.05, 4.69) is 26.6 Å². The maximum atomic E-state index is 11.8. The third-order valence-corrected chi connectivity index (χ3v) is 6.76. The Kier molecular flexibility index (Phi) is 4.79. The lowest BCUT2D eigenvalue weighted by molar-refractivity contribution is 0.197. The fourth-order valence-corrected chi connectivity index (χ4v) is 4.95. The molecule has 2 aliphatic heterocycles. The van der Waals surface area contributed by atoms with Crippen LogP contribution in [0.4, 0.5) is 0 Å². The van der Waals surface area contributed by atoms with E-state index in [0.29, 0.717) is 24.8 Å². The van der Waals surface area contributed by atoms with Crippen molar-refractivity contribution in [1.82, 2.24) is 24.0 Å². The van der Waals surface area contributed by atoms with Crippen LogP contribution in [0.5, 0.6) is 0 Å². The second kappa shape index (κ2) is 6.64. The molecular formula is C14H25N5O2S. The average molecular weight is 327 g/mol. The molecule has 0 atom stereocenters. The number of rotatable bonds is 5. The zero-order valence-electron chi connectivity index (χ0n) is 13.2. The van der Waals surface area contributed by atoms with Gasteiger partial charge in [0.05, 0.1) is 5.75 Å². The Labute approximate surface area is 132 Å². The standard InChI is InChI=1S/C14H25N5O2S/c1-2-18-12-15-16-14(18)13-4-7-17(8-5-13)9-10-19-6-3-11-22(19,20)21/h12-13H,2-11H2,1H3. The van der Waals surface area contributed by atoms with Crippen molar-refractivity contribution in [3.8, 4) is 0 Å². The van der Waals surface area contributed by atoms with Crippen molar-refractivity contribution in [2.45, 2.75) is 38.6 Å². The van der Waals surface area contributed by atoms with E-state index in [9.17, 15) is 8.42 Å². The van der Waals surface area contributed by atoms with Gasteiger partial charge in [-0.2, -0.15) is 0 Å². The van der Waals surface area contributed by atoms with Gasteiger partial charge < -0.3 is 9.47 Å². The Morgan fingerprint density at radius 3 is 2.64 bits per heavy atom. The summed E-state index contributed by atoms with van der Waals surface area (Å²) in [4.78, 5) is 2.37. The van der Waals surface area contributed by atoms with Gasteiger partial charge in [-0.05, 0) is 39.3 Å². The summed E-state index contributed by atoms with van der Waals surface area (Å²) in [7, 11) is -2.96. The first kappa shape index (κ1) is 15.9. The van der Waals surface area contributed by atoms with E-state index in [-0.39, 0.29) is 0 Å². The first-order valence-electron chi connectivity index (χ1n) is 8.18. The molecule has 0 radical (unpaired) electrons. The van der Waals surface area contributed by atoms with E-state index >= 15 is 0 Å². The molecule has 0 saturated carbocycles. The summed E-state index contributed by atoms with van der Waals surface area (Å²) in [6, 6.07) is 0. The molecule has 0 N–H and O–H groups in total. The normalized spacial score (nSPS) is 24.0. The lowest BCUT2D eigenvalue weighted by Gasteiger charge is -2.32. The van der Waals surface area contributed by atoms with E-state index < -0.39 is 10.0 Å². The highest BCUT2D eigenvalue weighted by molar-refractivity contribution is 7.89. The zero-order valence-corrected chi connectivity index (χ0v) is 14.0. The minimum absolute atomic E-state index is 0.321. The van der Waals surface area contributed by atoms with Crippen molar-refractivity contribution in [2.24, 2.45) is 0 Å². The molecule has 2 aliphatic rings. The van der Waals surface area contributed by atoms with Gasteiger partial charge in [-0.25, -0.2) is 12.7 Å². The summed E-state index contributed by atoms with van der Waals surface area (Å²) in [6.45, 7) is 7.21. The third-order valence-electron chi connectivity index (χ3n) is 4.81. The van der Waals surface area contributed by atoms with E-state index in [1.54, 1.807) is 10.6 Å². The Bertz CT molecular complexity index is 592. The number of hydrogen-bond acceptors (Lipinski definition) is 5. The molecule has 0 unspecified atom stereocenters. The van der Waals surface area contributed by atoms with E-state index in [1.165, 1.54) is 0 Å². The van der Waals surface area contributed by atoms with Crippen molar-refractivity contribution in [3.63, 3.8) is 0 Å². The van der Waals surface area contributed by atoms with Crippen LogP contribution in [0.15, 0.2) is 6.33 Å². The fourth-order valence-electron chi connectivity index (χ4n) is 3.43. The summed E-state index contributed by atoms with van der Waals surface area (Å²) in [5.74, 6) is 1.90. The van der Waals surface area contributed by atoms with Gasteiger partial charge in [0, 0.05) is 32.1 Å². The molecule has 124 valence electrons. The summed E-state index contributed by atoms with van der Waals surface area (Å²) < 4.78 is 27.4. The maximum absolute atomic E-state index is 11.8. The third kappa shape index (κ3) is 3.33. The van der Waals surface area contributed by atoms with Crippen LogP contribution in [0.3, 0.4) is 0 Å². The van der Waals surface area contributed by atoms with Gasteiger partial charge in [-0.3, -0.25) is 0 Å². The van der Waals surface area contributed by atoms with Crippen molar-refractivity contribution in [3.05, 3.63) is 12.2 Å². The highest BCUT2D eigenvalue weighted by Gasteiger charge is 2.29. The van der Waals surface area contributed by atoms with Gasteiger partial charge in [0.1, 0.15) is 12.2 Å². The van der Waals surface area contributed by atoms with Gasteiger partial charge in [0.25, 0.3) is 0 Å². The molecule has 0 bridgehead atoms. The molecule has 0 aliphatic carbocycles. The Balaban J connectivity index is 1.48. The SMILES string of the molecule is CCn1cnnc1C1CCN(CCN2CCCS2(=O)=O)CC1. The molecule has 2 fully saturated rings. The predicted molar refractivity (Wildman–Crippen MR) is 84.1 cm³/mol. The van der Waals surface area contributed by atoms with Crippen LogP contribution < -0.4 is 0 Å². The lowest BCUT2D eigenvalue weighted by Crippen LogP contribution is -2.40. The molecule has 7 nitrogen and oxygen atoms in total. The van der Waals surface area contributed by atoms with Crippen molar-refractivity contribution in [1.29, 1.82) is 0 Å². The average Bonchev–Trinajstić information content (AvgIpc) is 3.11. The number of piperidine rings is 1. The number of aromatic nitrogens is 3. The smallest absolute Gasteiger partial charge is 0.214 e. The lowest BCUT2D eigenvalue weighted by atomic mass is 9.96. The summed E-state index contributed by atoms with van der Waals surface area (Å²) >= 11 is 0. The second-order valence-corrected chi connectivity index (χ2v) is 8.25. The topological polar surface area (TPSA) is 71.3 Å². The van der Waals surface area contributed by atoms with Crippen LogP contribution >= 0.6 is 0 Å². The van der Waals surface area contributed by atoms with Crippen LogP contribution in [0.2, 0.25) is 0 Å². The molecule has 0 aromatic carbocycles. The van der Waals surface area contributed by atoms with E-state index in [1.807, 2.05) is 0 Å². The number of aryl methyl sites for hydroxylation is 1. The highest BCUT2D eigenvalue weighted by atomic mass is 32.2. The predicted octanol–water partition coefficient (Wildman–Crippen LogP) is 0.513. The van der Waals surface area contributed by atoms with Gasteiger partial charge >= 0.3 is 0 Å². The number of nitrogens with zero attached hydrogens (tertiary/aromatic N) is 5. The quantitative estimate of drug-likeness (QED) is 0.788. The number of likely N-dealkylation sites (tertiary alicyclic amines) is 1. The van der Waals surface area contributed by atoms with E-state index in [4.69, 9.17) is 0 Å². The van der Waals surface area contributed by atoms with Crippen molar-refractivity contribution in [2.75, 3.05) is 38.5 Å². The molecule has 2 saturated heterocycles. The van der Waals surface area contributed by atoms with E-state index in [0.717, 1.165) is 51.3 Å². The molecule has 1 aromatic heterocycles. The van der Waals surface area contributed by atoms with Crippen molar-refractivity contribution < 1.29 is 8.42 Å². The van der Waals surface area contributed by atoms with Crippen LogP contribution in [-0.2, 0) is 16.6 Å². The molecule has 8 heteroatoms. The molecular weight excluding hydrogens is 302 g/mol. The van der Waals surface area contributed by atoms with Gasteiger partial charge in [0.15, 0.2) is 0 Å². The molecule has 1 aromatic rings. The maximum Gasteiger partial charge on any atom is 0.214 e. The summed E-state index contributed by atoms with van der Waals surface area (Å²) in [5, 5.41) is 8.29. The van der Waals surface area contributed by atoms with Crippen LogP contribution in [-0.4, -0.2) is 70.9 Å². The molecule has 0 spiro atoms. The van der Waals surface area contributed by atoms with Crippen LogP contribution in [0.25, 0.3) is 0 Å². The Hall–Kier alpha value is -0.990. The first-order chi connectivity index (χ1) is 10.6. The van der Waals surface area contributed by atoms with Gasteiger partial charge in [-0.15, -0.1) is 10.2 Å². The van der Waals surface area contributed by atoms with Gasteiger partial charge in [0.2, 0.25) is 10.0 Å². The largest absolute Gasteiger partial charge is 0.318 e. The van der Waals surface area contributed by atoms with Crippen LogP contribution in [0, 0.1) is 0 Å². The minimum Gasteiger partial charge on any atom is -0.318 e. The second-order valence-electron chi connectivity index (χ2n) is 6.16. The Morgan fingerprint density at radius 1 is 1.23 bits per heavy atom. The monoisotopic (exact) mass is 327 g/mol. The van der Waals surface area contributed by atoms with Crippen LogP contribution in [0.1, 0.15) is 37.9 Å². The fraction of sp³-hybridized carbons (Fsp3) is 0.857. The number of sulfonamides is 1. The summed E-state index contributed by atoms with van der Waals surface area (Å²) in [6.07, 6.45) is 4.73. The number of hydrogen-bond donors (Lipinski definition) is 0. The first-order valence-corrected chi connectivity index (χ1v) is 9.79. The molecule has 3 rings (SSSR count). The summed E-state index contributed by atoms with van der Waals surface area (Å²) in [5.41, 5.74) is 0. The molecule has 3 heterocycles. The zero-order chi connectivity index (χ0) is 15.6. The Morgan fingerprint density at radius 2 is 2.00 bits per heavy atom. The molecule has 0 amide bonds. The van der Waals surface area contributed by atoms with Gasteiger partial charge in [-0.1, -0.05) is 0 Å². The molecule has 22 heavy (non-hydrogen) atoms. The highest BCUT2D eigenvalue weighted by Crippen LogP contribution is 2.26. The minimum atomic E-state index is -2.96. The van der Waals surface area contributed by atoms with Crippen molar-refractivity contribution >= 4 is 10.0 Å².